The zero-order chi connectivity index (χ0) is 17.0. The predicted molar refractivity (Wildman–Crippen MR) is 96.2 cm³/mol. The Bertz CT molecular complexity index is 477. The number of nitrogens with zero attached hydrogens (tertiary/aromatic N) is 2. The zero-order valence-corrected chi connectivity index (χ0v) is 14.3. The topological polar surface area (TPSA) is 48.2 Å². The molecule has 0 unspecified atom stereocenters. The van der Waals surface area contributed by atoms with Crippen LogP contribution in [-0.4, -0.2) is 6.21 Å². The van der Waals surface area contributed by atoms with Gasteiger partial charge >= 0.3 is 0 Å². The van der Waals surface area contributed by atoms with Gasteiger partial charge in [-0.15, -0.1) is 0 Å². The van der Waals surface area contributed by atoms with Crippen LogP contribution in [-0.2, 0) is 0 Å². The van der Waals surface area contributed by atoms with Gasteiger partial charge in [0.15, 0.2) is 0 Å². The van der Waals surface area contributed by atoms with Crippen molar-refractivity contribution in [3.8, 4) is 6.07 Å². The average Bonchev–Trinajstić information content (AvgIpc) is 3.18. The summed E-state index contributed by atoms with van der Waals surface area (Å²) in [5.41, 5.74) is 4.42. The molecule has 1 aliphatic heterocycles. The molecule has 0 aromatic heterocycles. The summed E-state index contributed by atoms with van der Waals surface area (Å²) in [5.74, 6) is 1.72. The highest BCUT2D eigenvalue weighted by atomic mass is 15.3. The van der Waals surface area contributed by atoms with Gasteiger partial charge in [-0.25, -0.2) is 0 Å². The van der Waals surface area contributed by atoms with E-state index in [0.29, 0.717) is 23.5 Å². The first kappa shape index (κ1) is 19.9. The Morgan fingerprint density at radius 1 is 1.45 bits per heavy atom. The maximum Gasteiger partial charge on any atom is 0.129 e. The number of rotatable bonds is 4. The third kappa shape index (κ3) is 6.13. The summed E-state index contributed by atoms with van der Waals surface area (Å²) < 4.78 is 0. The number of hydrogen-bond donors (Lipinski definition) is 1. The predicted octanol–water partition coefficient (Wildman–Crippen LogP) is 4.98. The number of nitriles is 1. The Morgan fingerprint density at radius 3 is 2.73 bits per heavy atom. The standard InChI is InChI=1S/C15H17N3.2C2H6/c1-3-4-5-11(2)8-14-13-7-6-12(9-16)18-17-10-15(13)14;2*1-2/h3-6,10,13-15,18H,1-2,7-8H2;2*1-2H3/b5-4-,12-6+,17-10+;;/t13-,14-,15-;;/m0../s1. The van der Waals surface area contributed by atoms with E-state index < -0.39 is 0 Å². The summed E-state index contributed by atoms with van der Waals surface area (Å²) in [7, 11) is 0. The fourth-order valence-corrected chi connectivity index (χ4v) is 2.45. The van der Waals surface area contributed by atoms with Crippen molar-refractivity contribution in [1.82, 2.24) is 5.43 Å². The van der Waals surface area contributed by atoms with Crippen molar-refractivity contribution in [3.63, 3.8) is 0 Å². The van der Waals surface area contributed by atoms with E-state index >= 15 is 0 Å². The highest BCUT2D eigenvalue weighted by Gasteiger charge is 2.48. The Hall–Kier alpha value is -2.08. The first-order valence-corrected chi connectivity index (χ1v) is 8.12. The number of fused-ring (bicyclic) bond motifs is 1. The monoisotopic (exact) mass is 299 g/mol. The first-order chi connectivity index (χ1) is 10.8. The summed E-state index contributed by atoms with van der Waals surface area (Å²) >= 11 is 0. The van der Waals surface area contributed by atoms with Crippen LogP contribution < -0.4 is 5.43 Å². The molecule has 0 aromatic rings. The lowest BCUT2D eigenvalue weighted by molar-refractivity contribution is 0.704. The second-order valence-electron chi connectivity index (χ2n) is 4.72. The molecule has 120 valence electrons. The minimum Gasteiger partial charge on any atom is -0.269 e. The molecule has 1 heterocycles. The molecule has 0 radical (unpaired) electrons. The summed E-state index contributed by atoms with van der Waals surface area (Å²) in [5, 5.41) is 12.9. The maximum atomic E-state index is 8.83. The van der Waals surface area contributed by atoms with Crippen molar-refractivity contribution >= 4 is 6.21 Å². The summed E-state index contributed by atoms with van der Waals surface area (Å²) in [6.07, 6.45) is 11.5. The van der Waals surface area contributed by atoms with Crippen LogP contribution >= 0.6 is 0 Å². The normalized spacial score (nSPS) is 28.3. The molecule has 0 spiro atoms. The lowest BCUT2D eigenvalue weighted by Gasteiger charge is -1.99. The van der Waals surface area contributed by atoms with Crippen molar-refractivity contribution in [1.29, 1.82) is 5.26 Å². The summed E-state index contributed by atoms with van der Waals surface area (Å²) in [4.78, 5) is 0. The molecule has 1 N–H and O–H groups in total. The van der Waals surface area contributed by atoms with Gasteiger partial charge < -0.3 is 0 Å². The molecule has 0 amide bonds. The van der Waals surface area contributed by atoms with E-state index in [1.807, 2.05) is 52.1 Å². The van der Waals surface area contributed by atoms with Crippen LogP contribution in [0.25, 0.3) is 0 Å². The highest BCUT2D eigenvalue weighted by molar-refractivity contribution is 5.66. The van der Waals surface area contributed by atoms with Crippen LogP contribution in [0.3, 0.4) is 0 Å². The number of hydrazone groups is 1. The van der Waals surface area contributed by atoms with E-state index in [1.54, 1.807) is 6.08 Å². The van der Waals surface area contributed by atoms with Crippen molar-refractivity contribution in [2.75, 3.05) is 0 Å². The van der Waals surface area contributed by atoms with E-state index in [9.17, 15) is 0 Å². The molecular formula is C19H29N3. The molecule has 1 aliphatic carbocycles. The third-order valence-electron chi connectivity index (χ3n) is 3.51. The molecule has 3 heteroatoms. The number of hydrogen-bond acceptors (Lipinski definition) is 3. The van der Waals surface area contributed by atoms with E-state index in [4.69, 9.17) is 5.26 Å². The summed E-state index contributed by atoms with van der Waals surface area (Å²) in [6, 6.07) is 2.09. The van der Waals surface area contributed by atoms with Crippen LogP contribution in [0.5, 0.6) is 0 Å². The average molecular weight is 299 g/mol. The van der Waals surface area contributed by atoms with Gasteiger partial charge in [0.05, 0.1) is 0 Å². The van der Waals surface area contributed by atoms with Gasteiger partial charge in [-0.05, 0) is 30.8 Å². The lowest BCUT2D eigenvalue weighted by atomic mass is 10.1. The Balaban J connectivity index is 0.00000102. The molecule has 0 bridgehead atoms. The van der Waals surface area contributed by atoms with Crippen LogP contribution in [0, 0.1) is 29.1 Å². The number of nitrogens with one attached hydrogen (secondary N) is 1. The largest absolute Gasteiger partial charge is 0.269 e. The first-order valence-electron chi connectivity index (χ1n) is 8.12. The summed E-state index contributed by atoms with van der Waals surface area (Å²) in [6.45, 7) is 15.7. The van der Waals surface area contributed by atoms with E-state index in [1.165, 1.54) is 0 Å². The van der Waals surface area contributed by atoms with Gasteiger partial charge in [0.2, 0.25) is 0 Å². The van der Waals surface area contributed by atoms with Crippen LogP contribution in [0.4, 0.5) is 0 Å². The van der Waals surface area contributed by atoms with E-state index in [-0.39, 0.29) is 0 Å². The molecule has 22 heavy (non-hydrogen) atoms. The SMILES string of the molecule is C=C/C=C\C(=C)C[C@@H]1[C@H]2/C=N/N/C(C#N)=C/C[C@H]21.CC.CC. The molecule has 3 atom stereocenters. The van der Waals surface area contributed by atoms with Crippen molar-refractivity contribution in [2.45, 2.75) is 40.5 Å². The molecule has 0 aromatic carbocycles. The van der Waals surface area contributed by atoms with Crippen molar-refractivity contribution in [2.24, 2.45) is 22.9 Å². The lowest BCUT2D eigenvalue weighted by Crippen LogP contribution is -2.06. The fourth-order valence-electron chi connectivity index (χ4n) is 2.45. The van der Waals surface area contributed by atoms with Gasteiger partial charge in [0.1, 0.15) is 11.8 Å². The third-order valence-corrected chi connectivity index (χ3v) is 3.51. The van der Waals surface area contributed by atoms with Gasteiger partial charge in [0, 0.05) is 12.1 Å². The van der Waals surface area contributed by atoms with Crippen LogP contribution in [0.15, 0.2) is 53.8 Å². The molecular weight excluding hydrogens is 270 g/mol. The highest BCUT2D eigenvalue weighted by Crippen LogP contribution is 2.51. The molecule has 2 rings (SSSR count). The van der Waals surface area contributed by atoms with Crippen molar-refractivity contribution in [3.05, 3.63) is 48.7 Å². The van der Waals surface area contributed by atoms with E-state index in [0.717, 1.165) is 18.4 Å². The minimum absolute atomic E-state index is 0.517. The quantitative estimate of drug-likeness (QED) is 0.744. The number of allylic oxidation sites excluding steroid dienone is 6. The van der Waals surface area contributed by atoms with Gasteiger partial charge in [-0.2, -0.15) is 10.4 Å². The van der Waals surface area contributed by atoms with Gasteiger partial charge in [-0.3, -0.25) is 5.43 Å². The zero-order valence-electron chi connectivity index (χ0n) is 14.3. The Kier molecular flexibility index (Phi) is 10.5. The Labute approximate surface area is 135 Å². The smallest absolute Gasteiger partial charge is 0.129 e. The molecule has 3 nitrogen and oxygen atoms in total. The minimum atomic E-state index is 0.517. The van der Waals surface area contributed by atoms with Gasteiger partial charge in [0.25, 0.3) is 0 Å². The second-order valence-corrected chi connectivity index (χ2v) is 4.72. The van der Waals surface area contributed by atoms with Crippen molar-refractivity contribution < 1.29 is 0 Å². The molecule has 1 fully saturated rings. The fraction of sp³-hybridized carbons (Fsp3) is 0.474. The van der Waals surface area contributed by atoms with Crippen LogP contribution in [0.2, 0.25) is 0 Å². The molecule has 0 saturated heterocycles. The molecule has 1 saturated carbocycles. The molecule has 2 aliphatic rings. The maximum absolute atomic E-state index is 8.83. The Morgan fingerprint density at radius 2 is 2.14 bits per heavy atom. The van der Waals surface area contributed by atoms with Gasteiger partial charge in [-0.1, -0.05) is 64.7 Å². The van der Waals surface area contributed by atoms with Crippen LogP contribution in [0.1, 0.15) is 40.5 Å². The second kappa shape index (κ2) is 11.6. The van der Waals surface area contributed by atoms with E-state index in [2.05, 4.69) is 29.8 Å².